The molecule has 196 valence electrons. The predicted octanol–water partition coefficient (Wildman–Crippen LogP) is 8.08. The van der Waals surface area contributed by atoms with Crippen molar-refractivity contribution in [1.29, 1.82) is 0 Å². The summed E-state index contributed by atoms with van der Waals surface area (Å²) in [4.78, 5) is 15.8. The van der Waals surface area contributed by atoms with Crippen LogP contribution in [0, 0.1) is 5.82 Å². The highest BCUT2D eigenvalue weighted by molar-refractivity contribution is 7.97. The van der Waals surface area contributed by atoms with Gasteiger partial charge in [0.05, 0.1) is 10.9 Å². The molecule has 0 heterocycles. The van der Waals surface area contributed by atoms with E-state index in [0.717, 1.165) is 20.2 Å². The maximum Gasteiger partial charge on any atom is 0.345 e. The quantitative estimate of drug-likeness (QED) is 0.171. The highest BCUT2D eigenvalue weighted by Crippen LogP contribution is 2.34. The third kappa shape index (κ3) is 6.65. The van der Waals surface area contributed by atoms with Gasteiger partial charge in [-0.1, -0.05) is 81.4 Å². The molecule has 0 saturated carbocycles. The number of carbonyl (C=O) groups excluding carboxylic acids is 1. The van der Waals surface area contributed by atoms with E-state index < -0.39 is 34.9 Å². The van der Waals surface area contributed by atoms with Gasteiger partial charge in [0, 0.05) is 6.07 Å². The second-order valence-electron chi connectivity index (χ2n) is 10.6. The van der Waals surface area contributed by atoms with Crippen LogP contribution in [-0.2, 0) is 31.4 Å². The molecule has 5 heteroatoms. The molecule has 0 aliphatic rings. The van der Waals surface area contributed by atoms with Crippen molar-refractivity contribution in [3.63, 3.8) is 0 Å². The summed E-state index contributed by atoms with van der Waals surface area (Å²) in [6.45, 7) is 9.74. The Bertz CT molecular complexity index is 1320. The fourth-order valence-electron chi connectivity index (χ4n) is 4.12. The largest absolute Gasteiger partial charge is 0.479 e. The number of ether oxygens (including phenoxy) is 2. The lowest BCUT2D eigenvalue weighted by Gasteiger charge is -2.27. The van der Waals surface area contributed by atoms with Gasteiger partial charge in [0.25, 0.3) is 0 Å². The Kier molecular flexibility index (Phi) is 8.27. The van der Waals surface area contributed by atoms with Crippen LogP contribution < -0.4 is 4.74 Å². The van der Waals surface area contributed by atoms with Crippen molar-refractivity contribution in [3.05, 3.63) is 120 Å². The molecule has 0 N–H and O–H groups in total. The van der Waals surface area contributed by atoms with Crippen LogP contribution in [0.1, 0.15) is 45.7 Å². The molecule has 0 aliphatic carbocycles. The van der Waals surface area contributed by atoms with Gasteiger partial charge in [0.1, 0.15) is 5.60 Å². The Labute approximate surface area is 228 Å². The van der Waals surface area contributed by atoms with Gasteiger partial charge in [-0.05, 0) is 66.8 Å². The molecule has 0 bridgehead atoms. The summed E-state index contributed by atoms with van der Waals surface area (Å²) in [5, 5.41) is 0. The van der Waals surface area contributed by atoms with Crippen molar-refractivity contribution in [3.8, 4) is 5.75 Å². The molecule has 4 aromatic carbocycles. The number of benzene rings is 4. The van der Waals surface area contributed by atoms with Crippen molar-refractivity contribution in [2.45, 2.75) is 60.3 Å². The zero-order chi connectivity index (χ0) is 27.3. The van der Waals surface area contributed by atoms with Crippen LogP contribution in [0.4, 0.5) is 4.39 Å². The SMILES string of the molecule is CC(C)(C)c1ccc(C(C)(C)OC(=O)COc2cc([S+](c3ccccc3)c3ccccc3)ccc2F)cc1. The van der Waals surface area contributed by atoms with Crippen LogP contribution in [0.25, 0.3) is 0 Å². The molecule has 0 aliphatic heterocycles. The van der Waals surface area contributed by atoms with E-state index >= 15 is 0 Å². The van der Waals surface area contributed by atoms with Crippen LogP contribution in [0.3, 0.4) is 0 Å². The highest BCUT2D eigenvalue weighted by atomic mass is 32.2. The molecule has 0 atom stereocenters. The lowest BCUT2D eigenvalue weighted by molar-refractivity contribution is -0.159. The number of halogens is 1. The smallest absolute Gasteiger partial charge is 0.345 e. The standard InChI is InChI=1S/C33H34FO3S/c1-32(2,3)24-16-18-25(19-17-24)33(4,5)37-31(35)23-36-30-22-28(20-21-29(30)34)38(26-12-8-6-9-13-26)27-14-10-7-11-15-27/h6-22H,23H2,1-5H3/q+1. The second kappa shape index (κ2) is 11.4. The highest BCUT2D eigenvalue weighted by Gasteiger charge is 2.30. The minimum Gasteiger partial charge on any atom is -0.479 e. The first-order valence-corrected chi connectivity index (χ1v) is 13.9. The van der Waals surface area contributed by atoms with Crippen LogP contribution in [0.2, 0.25) is 0 Å². The van der Waals surface area contributed by atoms with Gasteiger partial charge in [0.15, 0.2) is 32.9 Å². The van der Waals surface area contributed by atoms with E-state index in [1.807, 2.05) is 62.4 Å². The fourth-order valence-corrected chi connectivity index (χ4v) is 6.23. The molecular weight excluding hydrogens is 495 g/mol. The average Bonchev–Trinajstić information content (AvgIpc) is 2.89. The molecule has 38 heavy (non-hydrogen) atoms. The van der Waals surface area contributed by atoms with Crippen LogP contribution in [0.15, 0.2) is 118 Å². The second-order valence-corrected chi connectivity index (χ2v) is 12.7. The molecular formula is C33H34FO3S+. The molecule has 0 unspecified atom stereocenters. The van der Waals surface area contributed by atoms with Crippen molar-refractivity contribution in [2.75, 3.05) is 6.61 Å². The van der Waals surface area contributed by atoms with Gasteiger partial charge in [0.2, 0.25) is 0 Å². The summed E-state index contributed by atoms with van der Waals surface area (Å²) >= 11 is 0. The Balaban J connectivity index is 1.50. The molecule has 4 aromatic rings. The van der Waals surface area contributed by atoms with Gasteiger partial charge in [-0.2, -0.15) is 0 Å². The lowest BCUT2D eigenvalue weighted by Crippen LogP contribution is -2.29. The van der Waals surface area contributed by atoms with Crippen molar-refractivity contribution < 1.29 is 18.7 Å². The first-order chi connectivity index (χ1) is 18.0. The third-order valence-corrected chi connectivity index (χ3v) is 8.47. The molecule has 0 saturated heterocycles. The molecule has 4 rings (SSSR count). The van der Waals surface area contributed by atoms with Gasteiger partial charge in [-0.25, -0.2) is 9.18 Å². The summed E-state index contributed by atoms with van der Waals surface area (Å²) < 4.78 is 26.2. The fraction of sp³-hybridized carbons (Fsp3) is 0.242. The average molecular weight is 530 g/mol. The maximum absolute atomic E-state index is 14.8. The molecule has 0 radical (unpaired) electrons. The van der Waals surface area contributed by atoms with Gasteiger partial charge in [-0.3, -0.25) is 0 Å². The summed E-state index contributed by atoms with van der Waals surface area (Å²) in [6, 6.07) is 33.1. The minimum atomic E-state index is -0.857. The summed E-state index contributed by atoms with van der Waals surface area (Å²) in [7, 11) is -0.460. The van der Waals surface area contributed by atoms with E-state index in [4.69, 9.17) is 9.47 Å². The van der Waals surface area contributed by atoms with Gasteiger partial charge in [-0.15, -0.1) is 0 Å². The van der Waals surface area contributed by atoms with Crippen LogP contribution >= 0.6 is 0 Å². The Morgan fingerprint density at radius 1 is 0.711 bits per heavy atom. The van der Waals surface area contributed by atoms with E-state index in [0.29, 0.717) is 0 Å². The number of carbonyl (C=O) groups is 1. The molecule has 0 fully saturated rings. The Morgan fingerprint density at radius 3 is 1.76 bits per heavy atom. The van der Waals surface area contributed by atoms with Crippen molar-refractivity contribution in [1.82, 2.24) is 0 Å². The summed E-state index contributed by atoms with van der Waals surface area (Å²) in [5.41, 5.74) is 1.25. The Morgan fingerprint density at radius 2 is 1.24 bits per heavy atom. The van der Waals surface area contributed by atoms with E-state index in [1.54, 1.807) is 12.1 Å². The number of rotatable bonds is 8. The summed E-state index contributed by atoms with van der Waals surface area (Å²) in [6.07, 6.45) is 0. The number of esters is 1. The normalized spacial score (nSPS) is 11.9. The van der Waals surface area contributed by atoms with Crippen LogP contribution in [0.5, 0.6) is 5.75 Å². The number of hydrogen-bond acceptors (Lipinski definition) is 3. The van der Waals surface area contributed by atoms with Crippen LogP contribution in [-0.4, -0.2) is 12.6 Å². The minimum absolute atomic E-state index is 0.0242. The van der Waals surface area contributed by atoms with Gasteiger partial charge < -0.3 is 9.47 Å². The van der Waals surface area contributed by atoms with Gasteiger partial charge >= 0.3 is 5.97 Å². The topological polar surface area (TPSA) is 35.5 Å². The molecule has 0 aromatic heterocycles. The van der Waals surface area contributed by atoms with Crippen molar-refractivity contribution in [2.24, 2.45) is 0 Å². The molecule has 0 spiro atoms. The van der Waals surface area contributed by atoms with Crippen molar-refractivity contribution >= 4 is 16.9 Å². The summed E-state index contributed by atoms with van der Waals surface area (Å²) in [5.74, 6) is -1.07. The monoisotopic (exact) mass is 529 g/mol. The zero-order valence-corrected chi connectivity index (χ0v) is 23.3. The third-order valence-electron chi connectivity index (χ3n) is 6.26. The zero-order valence-electron chi connectivity index (χ0n) is 22.5. The van der Waals surface area contributed by atoms with E-state index in [-0.39, 0.29) is 11.2 Å². The lowest BCUT2D eigenvalue weighted by atomic mass is 9.85. The molecule has 3 nitrogen and oxygen atoms in total. The molecule has 0 amide bonds. The van der Waals surface area contributed by atoms with E-state index in [2.05, 4.69) is 57.2 Å². The predicted molar refractivity (Wildman–Crippen MR) is 151 cm³/mol. The number of hydrogen-bond donors (Lipinski definition) is 0. The first kappa shape index (κ1) is 27.5. The maximum atomic E-state index is 14.8. The Hall–Kier alpha value is -3.57. The van der Waals surface area contributed by atoms with E-state index in [1.165, 1.54) is 11.6 Å². The first-order valence-electron chi connectivity index (χ1n) is 12.6. The van der Waals surface area contributed by atoms with E-state index in [9.17, 15) is 9.18 Å².